The van der Waals surface area contributed by atoms with E-state index < -0.39 is 0 Å². The van der Waals surface area contributed by atoms with Crippen LogP contribution in [0.1, 0.15) is 6.42 Å². The average Bonchev–Trinajstić information content (AvgIpc) is 2.98. The molecule has 2 bridgehead atoms. The zero-order valence-electron chi connectivity index (χ0n) is 9.55. The molecule has 5 heteroatoms. The summed E-state index contributed by atoms with van der Waals surface area (Å²) in [4.78, 5) is 36.7. The molecule has 4 atom stereocenters. The second-order valence-electron chi connectivity index (χ2n) is 4.94. The van der Waals surface area contributed by atoms with Crippen molar-refractivity contribution in [2.24, 2.45) is 23.7 Å². The lowest BCUT2D eigenvalue weighted by atomic mass is 9.85. The fourth-order valence-electron chi connectivity index (χ4n) is 3.34. The molecule has 2 fully saturated rings. The van der Waals surface area contributed by atoms with E-state index in [1.54, 1.807) is 0 Å². The number of hydrogen-bond donors (Lipinski definition) is 1. The normalized spacial score (nSPS) is 37.8. The van der Waals surface area contributed by atoms with Crippen LogP contribution in [0.2, 0.25) is 0 Å². The SMILES string of the molecule is CNC(=O)CN1C(=O)[C@@H]2[C@H](C1=O)[C@H]1C=C[C@H]2C1. The van der Waals surface area contributed by atoms with Gasteiger partial charge in [-0.25, -0.2) is 0 Å². The molecule has 0 aromatic heterocycles. The molecule has 3 amide bonds. The van der Waals surface area contributed by atoms with Gasteiger partial charge < -0.3 is 5.32 Å². The first-order valence-electron chi connectivity index (χ1n) is 5.87. The summed E-state index contributed by atoms with van der Waals surface area (Å²) in [5, 5.41) is 2.44. The van der Waals surface area contributed by atoms with Gasteiger partial charge in [0.05, 0.1) is 11.8 Å². The van der Waals surface area contributed by atoms with Gasteiger partial charge in [-0.3, -0.25) is 19.3 Å². The minimum atomic E-state index is -0.299. The Hall–Kier alpha value is -1.65. The monoisotopic (exact) mass is 234 g/mol. The molecule has 3 rings (SSSR count). The van der Waals surface area contributed by atoms with E-state index in [1.165, 1.54) is 7.05 Å². The largest absolute Gasteiger partial charge is 0.358 e. The third-order valence-electron chi connectivity index (χ3n) is 4.14. The van der Waals surface area contributed by atoms with Crippen molar-refractivity contribution in [2.75, 3.05) is 13.6 Å². The number of imide groups is 1. The maximum atomic E-state index is 12.1. The predicted octanol–water partition coefficient (Wildman–Crippen LogP) is -0.461. The van der Waals surface area contributed by atoms with Crippen molar-refractivity contribution >= 4 is 17.7 Å². The second-order valence-corrected chi connectivity index (χ2v) is 4.94. The van der Waals surface area contributed by atoms with Crippen LogP contribution in [0.5, 0.6) is 0 Å². The van der Waals surface area contributed by atoms with E-state index >= 15 is 0 Å². The molecule has 2 aliphatic carbocycles. The molecule has 0 radical (unpaired) electrons. The number of carbonyl (C=O) groups is 3. The van der Waals surface area contributed by atoms with E-state index in [0.717, 1.165) is 11.3 Å². The van der Waals surface area contributed by atoms with Crippen molar-refractivity contribution in [1.82, 2.24) is 10.2 Å². The first-order valence-corrected chi connectivity index (χ1v) is 5.87. The molecule has 0 aromatic carbocycles. The van der Waals surface area contributed by atoms with E-state index in [9.17, 15) is 14.4 Å². The highest BCUT2D eigenvalue weighted by Crippen LogP contribution is 2.52. The Bertz CT molecular complexity index is 413. The van der Waals surface area contributed by atoms with Gasteiger partial charge in [-0.2, -0.15) is 0 Å². The van der Waals surface area contributed by atoms with Gasteiger partial charge in [-0.05, 0) is 18.3 Å². The summed E-state index contributed by atoms with van der Waals surface area (Å²) in [7, 11) is 1.50. The molecule has 90 valence electrons. The number of likely N-dealkylation sites (tertiary alicyclic amines) is 1. The fourth-order valence-corrected chi connectivity index (χ4v) is 3.34. The highest BCUT2D eigenvalue weighted by atomic mass is 16.2. The van der Waals surface area contributed by atoms with Crippen LogP contribution >= 0.6 is 0 Å². The Balaban J connectivity index is 1.85. The first-order chi connectivity index (χ1) is 8.13. The van der Waals surface area contributed by atoms with Crippen LogP contribution in [0.3, 0.4) is 0 Å². The summed E-state index contributed by atoms with van der Waals surface area (Å²) in [6, 6.07) is 0. The zero-order valence-corrected chi connectivity index (χ0v) is 9.55. The van der Waals surface area contributed by atoms with Gasteiger partial charge in [0.15, 0.2) is 0 Å². The highest BCUT2D eigenvalue weighted by Gasteiger charge is 2.59. The lowest BCUT2D eigenvalue weighted by Crippen LogP contribution is -2.40. The van der Waals surface area contributed by atoms with Gasteiger partial charge in [0.2, 0.25) is 17.7 Å². The summed E-state index contributed by atoms with van der Waals surface area (Å²) >= 11 is 0. The molecular weight excluding hydrogens is 220 g/mol. The van der Waals surface area contributed by atoms with Gasteiger partial charge in [-0.1, -0.05) is 12.2 Å². The Morgan fingerprint density at radius 3 is 2.29 bits per heavy atom. The quantitative estimate of drug-likeness (QED) is 0.519. The second kappa shape index (κ2) is 3.42. The summed E-state index contributed by atoms with van der Waals surface area (Å²) in [5.41, 5.74) is 0. The maximum Gasteiger partial charge on any atom is 0.239 e. The van der Waals surface area contributed by atoms with Crippen molar-refractivity contribution in [2.45, 2.75) is 6.42 Å². The van der Waals surface area contributed by atoms with Crippen LogP contribution in [-0.2, 0) is 14.4 Å². The molecular formula is C12H14N2O3. The number of amides is 3. The van der Waals surface area contributed by atoms with Crippen LogP contribution in [0.25, 0.3) is 0 Å². The number of fused-ring (bicyclic) bond motifs is 5. The van der Waals surface area contributed by atoms with Crippen molar-refractivity contribution in [3.8, 4) is 0 Å². The van der Waals surface area contributed by atoms with E-state index in [1.807, 2.05) is 12.2 Å². The van der Waals surface area contributed by atoms with Crippen molar-refractivity contribution in [3.05, 3.63) is 12.2 Å². The highest BCUT2D eigenvalue weighted by molar-refractivity contribution is 6.08. The lowest BCUT2D eigenvalue weighted by Gasteiger charge is -2.15. The Labute approximate surface area is 98.8 Å². The molecule has 0 spiro atoms. The van der Waals surface area contributed by atoms with Gasteiger partial charge >= 0.3 is 0 Å². The molecule has 0 unspecified atom stereocenters. The molecule has 1 heterocycles. The summed E-state index contributed by atoms with van der Waals surface area (Å²) in [5.74, 6) is -0.635. The zero-order chi connectivity index (χ0) is 12.2. The van der Waals surface area contributed by atoms with Crippen molar-refractivity contribution in [1.29, 1.82) is 0 Å². The first kappa shape index (κ1) is 10.5. The smallest absolute Gasteiger partial charge is 0.239 e. The number of allylic oxidation sites excluding steroid dienone is 2. The van der Waals surface area contributed by atoms with Crippen LogP contribution in [0.4, 0.5) is 0 Å². The summed E-state index contributed by atoms with van der Waals surface area (Å²) < 4.78 is 0. The molecule has 17 heavy (non-hydrogen) atoms. The Morgan fingerprint density at radius 2 is 1.82 bits per heavy atom. The number of carbonyl (C=O) groups excluding carboxylic acids is 3. The van der Waals surface area contributed by atoms with Crippen molar-refractivity contribution < 1.29 is 14.4 Å². The number of hydrogen-bond acceptors (Lipinski definition) is 3. The van der Waals surface area contributed by atoms with E-state index in [-0.39, 0.29) is 47.9 Å². The van der Waals surface area contributed by atoms with Crippen molar-refractivity contribution in [3.63, 3.8) is 0 Å². The van der Waals surface area contributed by atoms with Crippen LogP contribution in [0, 0.1) is 23.7 Å². The van der Waals surface area contributed by atoms with Gasteiger partial charge in [-0.15, -0.1) is 0 Å². The lowest BCUT2D eigenvalue weighted by molar-refractivity contribution is -0.144. The van der Waals surface area contributed by atoms with Gasteiger partial charge in [0.1, 0.15) is 6.54 Å². The van der Waals surface area contributed by atoms with Crippen LogP contribution in [-0.4, -0.2) is 36.2 Å². The summed E-state index contributed by atoms with van der Waals surface area (Å²) in [6.07, 6.45) is 5.00. The molecule has 1 N–H and O–H groups in total. The number of likely N-dealkylation sites (N-methyl/N-ethyl adjacent to an activating group) is 1. The van der Waals surface area contributed by atoms with E-state index in [0.29, 0.717) is 0 Å². The number of nitrogens with zero attached hydrogens (tertiary/aromatic N) is 1. The molecule has 1 saturated heterocycles. The topological polar surface area (TPSA) is 66.5 Å². The molecule has 5 nitrogen and oxygen atoms in total. The maximum absolute atomic E-state index is 12.1. The van der Waals surface area contributed by atoms with E-state index in [4.69, 9.17) is 0 Å². The molecule has 0 aromatic rings. The average molecular weight is 234 g/mol. The standard InChI is InChI=1S/C12H14N2O3/c1-13-8(15)5-14-11(16)9-6-2-3-7(4-6)10(9)12(14)17/h2-3,6-7,9-10H,4-5H2,1H3,(H,13,15)/t6-,7-,9-,10+/m0/s1. The Kier molecular flexibility index (Phi) is 2.11. The number of rotatable bonds is 2. The van der Waals surface area contributed by atoms with Crippen LogP contribution in [0.15, 0.2) is 12.2 Å². The third kappa shape index (κ3) is 1.28. The van der Waals surface area contributed by atoms with Gasteiger partial charge in [0, 0.05) is 7.05 Å². The molecule has 1 aliphatic heterocycles. The van der Waals surface area contributed by atoms with E-state index in [2.05, 4.69) is 5.32 Å². The van der Waals surface area contributed by atoms with Crippen LogP contribution < -0.4 is 5.32 Å². The molecule has 3 aliphatic rings. The predicted molar refractivity (Wildman–Crippen MR) is 58.5 cm³/mol. The third-order valence-corrected chi connectivity index (χ3v) is 4.14. The summed E-state index contributed by atoms with van der Waals surface area (Å²) in [6.45, 7) is -0.138. The Morgan fingerprint density at radius 1 is 1.29 bits per heavy atom. The van der Waals surface area contributed by atoms with Gasteiger partial charge in [0.25, 0.3) is 0 Å². The molecule has 1 saturated carbocycles. The minimum Gasteiger partial charge on any atom is -0.358 e. The minimum absolute atomic E-state index is 0.138. The number of nitrogens with one attached hydrogen (secondary N) is 1. The fraction of sp³-hybridized carbons (Fsp3) is 0.583.